The smallest absolute Gasteiger partial charge is 0.338 e. The number of benzene rings is 2. The molecule has 0 aliphatic heterocycles. The first-order chi connectivity index (χ1) is 14.4. The second-order valence-corrected chi connectivity index (χ2v) is 5.67. The number of hydrogen-bond acceptors (Lipinski definition) is 8. The zero-order valence-electron chi connectivity index (χ0n) is 16.5. The SMILES string of the molecule is CCOC(=O)c1ccc(OC(=O)C=CC(=O)Oc2ccc(C(=O)OCC)cc2)cc1. The van der Waals surface area contributed by atoms with E-state index in [1.54, 1.807) is 13.8 Å². The van der Waals surface area contributed by atoms with Crippen LogP contribution in [-0.4, -0.2) is 37.1 Å². The first-order valence-electron chi connectivity index (χ1n) is 9.09. The Balaban J connectivity index is 1.86. The lowest BCUT2D eigenvalue weighted by atomic mass is 10.2. The van der Waals surface area contributed by atoms with Gasteiger partial charge in [0.05, 0.1) is 24.3 Å². The molecule has 0 heterocycles. The molecule has 0 fully saturated rings. The Bertz CT molecular complexity index is 849. The molecular formula is C22H20O8. The molecule has 0 aliphatic carbocycles. The van der Waals surface area contributed by atoms with Gasteiger partial charge in [0.1, 0.15) is 11.5 Å². The minimum Gasteiger partial charge on any atom is -0.462 e. The van der Waals surface area contributed by atoms with Crippen molar-refractivity contribution in [1.29, 1.82) is 0 Å². The lowest BCUT2D eigenvalue weighted by Crippen LogP contribution is -2.09. The van der Waals surface area contributed by atoms with Gasteiger partial charge in [-0.05, 0) is 62.4 Å². The van der Waals surface area contributed by atoms with E-state index in [1.165, 1.54) is 48.5 Å². The molecule has 2 aromatic rings. The van der Waals surface area contributed by atoms with E-state index in [0.717, 1.165) is 12.2 Å². The zero-order valence-corrected chi connectivity index (χ0v) is 16.5. The van der Waals surface area contributed by atoms with Gasteiger partial charge in [-0.2, -0.15) is 0 Å². The Morgan fingerprint density at radius 1 is 0.633 bits per heavy atom. The Labute approximate surface area is 173 Å². The third-order valence-corrected chi connectivity index (χ3v) is 3.52. The van der Waals surface area contributed by atoms with Crippen molar-refractivity contribution < 1.29 is 38.1 Å². The summed E-state index contributed by atoms with van der Waals surface area (Å²) in [6, 6.07) is 11.6. The van der Waals surface area contributed by atoms with Crippen molar-refractivity contribution in [3.05, 3.63) is 71.8 Å². The number of carbonyl (C=O) groups is 4. The molecule has 0 saturated carbocycles. The summed E-state index contributed by atoms with van der Waals surface area (Å²) in [4.78, 5) is 46.8. The van der Waals surface area contributed by atoms with E-state index >= 15 is 0 Å². The molecule has 0 atom stereocenters. The van der Waals surface area contributed by atoms with Crippen LogP contribution in [0.1, 0.15) is 34.6 Å². The average molecular weight is 412 g/mol. The number of ether oxygens (including phenoxy) is 4. The molecule has 30 heavy (non-hydrogen) atoms. The third kappa shape index (κ3) is 6.90. The standard InChI is InChI=1S/C22H20O8/c1-3-27-21(25)15-5-9-17(10-6-15)29-19(23)13-14-20(24)30-18-11-7-16(8-12-18)22(26)28-4-2/h5-14H,3-4H2,1-2H3. The fourth-order valence-corrected chi connectivity index (χ4v) is 2.18. The normalized spacial score (nSPS) is 10.3. The summed E-state index contributed by atoms with van der Waals surface area (Å²) < 4.78 is 19.8. The van der Waals surface area contributed by atoms with Crippen molar-refractivity contribution in [2.45, 2.75) is 13.8 Å². The summed E-state index contributed by atoms with van der Waals surface area (Å²) in [6.45, 7) is 3.91. The molecule has 0 N–H and O–H groups in total. The lowest BCUT2D eigenvalue weighted by Gasteiger charge is -2.04. The fourth-order valence-electron chi connectivity index (χ4n) is 2.18. The Morgan fingerprint density at radius 2 is 0.967 bits per heavy atom. The summed E-state index contributed by atoms with van der Waals surface area (Å²) in [5.41, 5.74) is 0.648. The average Bonchev–Trinajstić information content (AvgIpc) is 2.73. The molecule has 0 bridgehead atoms. The lowest BCUT2D eigenvalue weighted by molar-refractivity contribution is -0.131. The summed E-state index contributed by atoms with van der Waals surface area (Å²) in [5, 5.41) is 0. The maximum Gasteiger partial charge on any atom is 0.338 e. The number of carbonyl (C=O) groups excluding carboxylic acids is 4. The van der Waals surface area contributed by atoms with Gasteiger partial charge in [-0.1, -0.05) is 0 Å². The highest BCUT2D eigenvalue weighted by atomic mass is 16.5. The van der Waals surface area contributed by atoms with Gasteiger partial charge in [-0.3, -0.25) is 0 Å². The molecule has 0 radical (unpaired) electrons. The van der Waals surface area contributed by atoms with Gasteiger partial charge in [0.2, 0.25) is 0 Å². The highest BCUT2D eigenvalue weighted by Gasteiger charge is 2.09. The predicted molar refractivity (Wildman–Crippen MR) is 105 cm³/mol. The van der Waals surface area contributed by atoms with E-state index in [2.05, 4.69) is 0 Å². The number of rotatable bonds is 8. The highest BCUT2D eigenvalue weighted by molar-refractivity contribution is 5.94. The maximum absolute atomic E-state index is 11.8. The molecule has 2 aromatic carbocycles. The van der Waals surface area contributed by atoms with Crippen LogP contribution in [0.2, 0.25) is 0 Å². The molecular weight excluding hydrogens is 392 g/mol. The summed E-state index contributed by atoms with van der Waals surface area (Å²) in [5.74, 6) is -2.16. The van der Waals surface area contributed by atoms with Gasteiger partial charge >= 0.3 is 23.9 Å². The topological polar surface area (TPSA) is 105 Å². The summed E-state index contributed by atoms with van der Waals surface area (Å²) >= 11 is 0. The molecule has 0 aromatic heterocycles. The quantitative estimate of drug-likeness (QED) is 0.370. The first kappa shape index (κ1) is 22.4. The van der Waals surface area contributed by atoms with Crippen LogP contribution in [0.25, 0.3) is 0 Å². The van der Waals surface area contributed by atoms with Crippen LogP contribution in [0, 0.1) is 0 Å². The van der Waals surface area contributed by atoms with Crippen LogP contribution in [0.4, 0.5) is 0 Å². The minimum atomic E-state index is -0.798. The third-order valence-electron chi connectivity index (χ3n) is 3.52. The molecule has 0 amide bonds. The summed E-state index contributed by atoms with van der Waals surface area (Å²) in [6.07, 6.45) is 1.82. The van der Waals surface area contributed by atoms with E-state index in [9.17, 15) is 19.2 Å². The van der Waals surface area contributed by atoms with Crippen LogP contribution in [0.3, 0.4) is 0 Å². The predicted octanol–water partition coefficient (Wildman–Crippen LogP) is 3.11. The zero-order chi connectivity index (χ0) is 21.9. The number of esters is 4. The van der Waals surface area contributed by atoms with Gasteiger partial charge in [0.15, 0.2) is 0 Å². The van der Waals surface area contributed by atoms with Crippen molar-refractivity contribution in [2.75, 3.05) is 13.2 Å². The highest BCUT2D eigenvalue weighted by Crippen LogP contribution is 2.15. The number of hydrogen-bond donors (Lipinski definition) is 0. The molecule has 2 rings (SSSR count). The van der Waals surface area contributed by atoms with Crippen LogP contribution in [0.5, 0.6) is 11.5 Å². The Morgan fingerprint density at radius 3 is 1.27 bits per heavy atom. The Hall–Kier alpha value is -3.94. The molecule has 0 unspecified atom stereocenters. The van der Waals surface area contributed by atoms with Gasteiger partial charge < -0.3 is 18.9 Å². The van der Waals surface area contributed by atoms with Crippen molar-refractivity contribution >= 4 is 23.9 Å². The fraction of sp³-hybridized carbons (Fsp3) is 0.182. The van der Waals surface area contributed by atoms with Gasteiger partial charge in [0.25, 0.3) is 0 Å². The van der Waals surface area contributed by atoms with E-state index in [0.29, 0.717) is 11.1 Å². The second-order valence-electron chi connectivity index (χ2n) is 5.67. The van der Waals surface area contributed by atoms with Crippen molar-refractivity contribution in [3.8, 4) is 11.5 Å². The molecule has 0 spiro atoms. The molecule has 0 aliphatic rings. The van der Waals surface area contributed by atoms with Gasteiger partial charge in [-0.15, -0.1) is 0 Å². The molecule has 8 heteroatoms. The van der Waals surface area contributed by atoms with E-state index in [1.807, 2.05) is 0 Å². The van der Waals surface area contributed by atoms with Crippen molar-refractivity contribution in [1.82, 2.24) is 0 Å². The molecule has 156 valence electrons. The monoisotopic (exact) mass is 412 g/mol. The van der Waals surface area contributed by atoms with Crippen LogP contribution in [-0.2, 0) is 19.1 Å². The molecule has 0 saturated heterocycles. The largest absolute Gasteiger partial charge is 0.462 e. The van der Waals surface area contributed by atoms with Crippen LogP contribution >= 0.6 is 0 Å². The maximum atomic E-state index is 11.8. The van der Waals surface area contributed by atoms with E-state index < -0.39 is 23.9 Å². The first-order valence-corrected chi connectivity index (χ1v) is 9.09. The van der Waals surface area contributed by atoms with Crippen LogP contribution < -0.4 is 9.47 Å². The van der Waals surface area contributed by atoms with Crippen molar-refractivity contribution in [2.24, 2.45) is 0 Å². The van der Waals surface area contributed by atoms with E-state index in [4.69, 9.17) is 18.9 Å². The van der Waals surface area contributed by atoms with Gasteiger partial charge in [-0.25, -0.2) is 19.2 Å². The van der Waals surface area contributed by atoms with Crippen molar-refractivity contribution in [3.63, 3.8) is 0 Å². The van der Waals surface area contributed by atoms with E-state index in [-0.39, 0.29) is 24.7 Å². The second kappa shape index (κ2) is 11.2. The minimum absolute atomic E-state index is 0.195. The molecule has 8 nitrogen and oxygen atoms in total. The van der Waals surface area contributed by atoms with Crippen LogP contribution in [0.15, 0.2) is 60.7 Å². The summed E-state index contributed by atoms with van der Waals surface area (Å²) in [7, 11) is 0. The van der Waals surface area contributed by atoms with Gasteiger partial charge in [0, 0.05) is 12.2 Å². The Kier molecular flexibility index (Phi) is 8.31.